The van der Waals surface area contributed by atoms with Crippen LogP contribution in [-0.2, 0) is 0 Å². The topological polar surface area (TPSA) is 40.5 Å². The van der Waals surface area contributed by atoms with Crippen LogP contribution in [0.15, 0.2) is 23.8 Å². The second kappa shape index (κ2) is 7.77. The molecule has 0 amide bonds. The molecule has 4 aliphatic rings. The van der Waals surface area contributed by atoms with Crippen LogP contribution < -0.4 is 0 Å². The Balaban J connectivity index is 1.52. The minimum atomic E-state index is -0.647. The van der Waals surface area contributed by atoms with Crippen molar-refractivity contribution in [3.05, 3.63) is 23.8 Å². The van der Waals surface area contributed by atoms with Crippen LogP contribution in [0, 0.1) is 46.3 Å². The average molecular weight is 415 g/mol. The van der Waals surface area contributed by atoms with Gasteiger partial charge in [-0.25, -0.2) is 0 Å². The summed E-state index contributed by atoms with van der Waals surface area (Å²) in [5.74, 6) is 4.04. The maximum Gasteiger partial charge on any atom is 0.0651 e. The Hall–Kier alpha value is -0.600. The molecule has 0 bridgehead atoms. The van der Waals surface area contributed by atoms with E-state index in [9.17, 15) is 10.2 Å². The summed E-state index contributed by atoms with van der Waals surface area (Å²) < 4.78 is 0. The molecule has 0 spiro atoms. The molecule has 0 radical (unpaired) electrons. The van der Waals surface area contributed by atoms with Crippen LogP contribution in [0.25, 0.3) is 0 Å². The van der Waals surface area contributed by atoms with E-state index >= 15 is 0 Å². The zero-order chi connectivity index (χ0) is 21.9. The van der Waals surface area contributed by atoms with E-state index in [1.165, 1.54) is 38.5 Å². The molecule has 3 fully saturated rings. The standard InChI is InChI=1S/C28H46O2/c1-18(7-8-19(2)26(3,4)30)23-11-12-24-22-10-9-20-17-21(29)13-15-27(20,5)25(22)14-16-28(23,24)6/h7-9,18-19,21-25,29-30H,10-17H2,1-6H3/b8-7+/t18-,19+,21+,22?,23-,24?,25?,27+,28-/m1/s1. The molecule has 3 saturated carbocycles. The second-order valence-corrected chi connectivity index (χ2v) is 12.6. The normalized spacial score (nSPS) is 46.0. The minimum Gasteiger partial charge on any atom is -0.393 e. The van der Waals surface area contributed by atoms with Crippen LogP contribution in [-0.4, -0.2) is 21.9 Å². The lowest BCUT2D eigenvalue weighted by molar-refractivity contribution is -0.0541. The van der Waals surface area contributed by atoms with Crippen molar-refractivity contribution in [2.24, 2.45) is 46.3 Å². The predicted octanol–water partition coefficient (Wildman–Crippen LogP) is 6.53. The van der Waals surface area contributed by atoms with Gasteiger partial charge in [-0.05, 0) is 106 Å². The van der Waals surface area contributed by atoms with E-state index in [4.69, 9.17) is 0 Å². The van der Waals surface area contributed by atoms with E-state index < -0.39 is 5.60 Å². The van der Waals surface area contributed by atoms with E-state index in [1.54, 1.807) is 5.57 Å². The summed E-state index contributed by atoms with van der Waals surface area (Å²) in [6.45, 7) is 13.5. The van der Waals surface area contributed by atoms with Gasteiger partial charge in [-0.2, -0.15) is 0 Å². The van der Waals surface area contributed by atoms with Crippen LogP contribution in [0.4, 0.5) is 0 Å². The van der Waals surface area contributed by atoms with Gasteiger partial charge in [0.05, 0.1) is 11.7 Å². The van der Waals surface area contributed by atoms with Crippen molar-refractivity contribution >= 4 is 0 Å². The SMILES string of the molecule is C[C@H](/C=C/[C@H](C)C(C)(C)O)[C@H]1CCC2C3CC=C4C[C@@H](O)CC[C@]4(C)C3CC[C@@]21C. The first-order valence-corrected chi connectivity index (χ1v) is 12.7. The Bertz CT molecular complexity index is 700. The maximum absolute atomic E-state index is 10.3. The average Bonchev–Trinajstić information content (AvgIpc) is 3.03. The summed E-state index contributed by atoms with van der Waals surface area (Å²) in [4.78, 5) is 0. The lowest BCUT2D eigenvalue weighted by Crippen LogP contribution is -2.50. The van der Waals surface area contributed by atoms with E-state index in [0.29, 0.717) is 16.7 Å². The monoisotopic (exact) mass is 414 g/mol. The largest absolute Gasteiger partial charge is 0.393 e. The van der Waals surface area contributed by atoms with Gasteiger partial charge < -0.3 is 10.2 Å². The van der Waals surface area contributed by atoms with Crippen molar-refractivity contribution in [2.45, 2.75) is 105 Å². The highest BCUT2D eigenvalue weighted by molar-refractivity contribution is 5.25. The summed E-state index contributed by atoms with van der Waals surface area (Å²) in [6.07, 6.45) is 16.9. The van der Waals surface area contributed by atoms with Gasteiger partial charge in [0.1, 0.15) is 0 Å². The number of hydrogen-bond acceptors (Lipinski definition) is 2. The molecule has 9 atom stereocenters. The summed E-state index contributed by atoms with van der Waals surface area (Å²) in [7, 11) is 0. The second-order valence-electron chi connectivity index (χ2n) is 12.6. The van der Waals surface area contributed by atoms with Gasteiger partial charge in [0, 0.05) is 5.92 Å². The Labute approximate surface area is 185 Å². The molecular formula is C28H46O2. The summed E-state index contributed by atoms with van der Waals surface area (Å²) in [5.41, 5.74) is 1.73. The van der Waals surface area contributed by atoms with E-state index in [2.05, 4.69) is 45.9 Å². The van der Waals surface area contributed by atoms with Gasteiger partial charge in [-0.1, -0.05) is 51.5 Å². The van der Waals surface area contributed by atoms with E-state index in [-0.39, 0.29) is 12.0 Å². The first-order valence-electron chi connectivity index (χ1n) is 12.7. The van der Waals surface area contributed by atoms with Crippen LogP contribution in [0.3, 0.4) is 0 Å². The van der Waals surface area contributed by atoms with Crippen LogP contribution >= 0.6 is 0 Å². The fourth-order valence-electron chi connectivity index (χ4n) is 8.26. The van der Waals surface area contributed by atoms with Gasteiger partial charge in [-0.15, -0.1) is 0 Å². The Morgan fingerprint density at radius 3 is 2.47 bits per heavy atom. The van der Waals surface area contributed by atoms with E-state index in [0.717, 1.165) is 36.5 Å². The summed E-state index contributed by atoms with van der Waals surface area (Å²) in [5, 5.41) is 20.5. The highest BCUT2D eigenvalue weighted by Crippen LogP contribution is 2.67. The molecule has 0 aromatic carbocycles. The maximum atomic E-state index is 10.3. The van der Waals surface area contributed by atoms with Crippen molar-refractivity contribution in [3.63, 3.8) is 0 Å². The zero-order valence-electron chi connectivity index (χ0n) is 20.3. The molecule has 170 valence electrons. The highest BCUT2D eigenvalue weighted by Gasteiger charge is 2.58. The molecule has 30 heavy (non-hydrogen) atoms. The van der Waals surface area contributed by atoms with Crippen molar-refractivity contribution in [1.29, 1.82) is 0 Å². The third kappa shape index (κ3) is 3.64. The van der Waals surface area contributed by atoms with Gasteiger partial charge in [-0.3, -0.25) is 0 Å². The third-order valence-corrected chi connectivity index (χ3v) is 10.6. The zero-order valence-corrected chi connectivity index (χ0v) is 20.3. The molecule has 0 aromatic rings. The molecule has 3 unspecified atom stereocenters. The fraction of sp³-hybridized carbons (Fsp3) is 0.857. The quantitative estimate of drug-likeness (QED) is 0.514. The number of allylic oxidation sites excluding steroid dienone is 2. The van der Waals surface area contributed by atoms with Crippen molar-refractivity contribution in [2.75, 3.05) is 0 Å². The molecule has 4 rings (SSSR count). The summed E-state index contributed by atoms with van der Waals surface area (Å²) >= 11 is 0. The molecule has 4 aliphatic carbocycles. The summed E-state index contributed by atoms with van der Waals surface area (Å²) in [6, 6.07) is 0. The molecule has 2 nitrogen and oxygen atoms in total. The lowest BCUT2D eigenvalue weighted by Gasteiger charge is -2.58. The van der Waals surface area contributed by atoms with Crippen LogP contribution in [0.1, 0.15) is 92.9 Å². The van der Waals surface area contributed by atoms with Gasteiger partial charge in [0.25, 0.3) is 0 Å². The van der Waals surface area contributed by atoms with Gasteiger partial charge in [0.15, 0.2) is 0 Å². The molecule has 0 aromatic heterocycles. The molecular weight excluding hydrogens is 368 g/mol. The highest BCUT2D eigenvalue weighted by atomic mass is 16.3. The molecule has 0 saturated heterocycles. The van der Waals surface area contributed by atoms with Crippen molar-refractivity contribution in [1.82, 2.24) is 0 Å². The number of rotatable bonds is 4. The van der Waals surface area contributed by atoms with Crippen molar-refractivity contribution < 1.29 is 10.2 Å². The van der Waals surface area contributed by atoms with Crippen molar-refractivity contribution in [3.8, 4) is 0 Å². The predicted molar refractivity (Wildman–Crippen MR) is 125 cm³/mol. The van der Waals surface area contributed by atoms with Gasteiger partial charge in [0.2, 0.25) is 0 Å². The Morgan fingerprint density at radius 2 is 1.77 bits per heavy atom. The number of hydrogen-bond donors (Lipinski definition) is 2. The first kappa shape index (κ1) is 22.6. The molecule has 2 N–H and O–H groups in total. The van der Waals surface area contributed by atoms with Gasteiger partial charge >= 0.3 is 0 Å². The first-order chi connectivity index (χ1) is 14.0. The number of fused-ring (bicyclic) bond motifs is 5. The molecule has 2 heteroatoms. The fourth-order valence-corrected chi connectivity index (χ4v) is 8.26. The molecule has 0 heterocycles. The van der Waals surface area contributed by atoms with Crippen LogP contribution in [0.5, 0.6) is 0 Å². The Morgan fingerprint density at radius 1 is 1.03 bits per heavy atom. The third-order valence-electron chi connectivity index (χ3n) is 10.6. The number of aliphatic hydroxyl groups excluding tert-OH is 1. The number of aliphatic hydroxyl groups is 2. The van der Waals surface area contributed by atoms with E-state index in [1.807, 2.05) is 13.8 Å². The van der Waals surface area contributed by atoms with Crippen LogP contribution in [0.2, 0.25) is 0 Å². The smallest absolute Gasteiger partial charge is 0.0651 e. The molecule has 0 aliphatic heterocycles. The Kier molecular flexibility index (Phi) is 5.85. The minimum absolute atomic E-state index is 0.107. The lowest BCUT2D eigenvalue weighted by atomic mass is 9.47.